The second-order valence-corrected chi connectivity index (χ2v) is 6.38. The standard InChI is InChI=1S/C15H15ClFN3O3/c1-15(8-2-3-8)13(22)20(14(23)19-15)7-12(21)18-9-4-5-11(17)10(16)6-9/h4-6,8H,2-3,7H2,1H3,(H,18,21)(H,19,23). The van der Waals surface area contributed by atoms with Crippen LogP contribution in [0.2, 0.25) is 5.02 Å². The summed E-state index contributed by atoms with van der Waals surface area (Å²) in [6.07, 6.45) is 1.77. The maximum atomic E-state index is 13.1. The van der Waals surface area contributed by atoms with E-state index in [-0.39, 0.29) is 10.9 Å². The minimum absolute atomic E-state index is 0.126. The molecule has 1 heterocycles. The number of nitrogens with zero attached hydrogens (tertiary/aromatic N) is 1. The number of hydrogen-bond acceptors (Lipinski definition) is 3. The molecule has 1 atom stereocenters. The lowest BCUT2D eigenvalue weighted by atomic mass is 9.96. The quantitative estimate of drug-likeness (QED) is 0.825. The van der Waals surface area contributed by atoms with Gasteiger partial charge in [0, 0.05) is 5.69 Å². The van der Waals surface area contributed by atoms with E-state index in [1.807, 2.05) is 0 Å². The number of nitrogens with one attached hydrogen (secondary N) is 2. The average Bonchev–Trinajstić information content (AvgIpc) is 3.29. The van der Waals surface area contributed by atoms with Crippen LogP contribution in [0.4, 0.5) is 14.9 Å². The number of imide groups is 1. The van der Waals surface area contributed by atoms with Gasteiger partial charge in [-0.15, -0.1) is 0 Å². The van der Waals surface area contributed by atoms with Crippen LogP contribution in [0.5, 0.6) is 0 Å². The monoisotopic (exact) mass is 339 g/mol. The highest BCUT2D eigenvalue weighted by Gasteiger charge is 2.56. The molecule has 2 N–H and O–H groups in total. The topological polar surface area (TPSA) is 78.5 Å². The Labute approximate surface area is 137 Å². The molecule has 1 aromatic carbocycles. The Morgan fingerprint density at radius 3 is 2.78 bits per heavy atom. The third-order valence-corrected chi connectivity index (χ3v) is 4.49. The summed E-state index contributed by atoms with van der Waals surface area (Å²) in [5, 5.41) is 5.03. The molecule has 23 heavy (non-hydrogen) atoms. The van der Waals surface area contributed by atoms with Crippen molar-refractivity contribution in [3.05, 3.63) is 29.0 Å². The number of anilines is 1. The van der Waals surface area contributed by atoms with E-state index in [9.17, 15) is 18.8 Å². The van der Waals surface area contributed by atoms with Crippen LogP contribution in [0.1, 0.15) is 19.8 Å². The molecule has 1 unspecified atom stereocenters. The van der Waals surface area contributed by atoms with Crippen molar-refractivity contribution in [1.29, 1.82) is 0 Å². The number of carbonyl (C=O) groups excluding carboxylic acids is 3. The fraction of sp³-hybridized carbons (Fsp3) is 0.400. The predicted molar refractivity (Wildman–Crippen MR) is 81.4 cm³/mol. The molecule has 1 aliphatic carbocycles. The average molecular weight is 340 g/mol. The van der Waals surface area contributed by atoms with Crippen LogP contribution in [0.25, 0.3) is 0 Å². The Hall–Kier alpha value is -2.15. The van der Waals surface area contributed by atoms with Crippen molar-refractivity contribution in [3.8, 4) is 0 Å². The van der Waals surface area contributed by atoms with E-state index < -0.39 is 35.7 Å². The Morgan fingerprint density at radius 2 is 2.17 bits per heavy atom. The zero-order chi connectivity index (χ0) is 16.8. The van der Waals surface area contributed by atoms with E-state index in [1.54, 1.807) is 6.92 Å². The molecule has 3 rings (SSSR count). The molecule has 2 aliphatic rings. The Morgan fingerprint density at radius 1 is 1.48 bits per heavy atom. The van der Waals surface area contributed by atoms with Gasteiger partial charge in [0.15, 0.2) is 0 Å². The van der Waals surface area contributed by atoms with Gasteiger partial charge in [-0.2, -0.15) is 0 Å². The van der Waals surface area contributed by atoms with Crippen molar-refractivity contribution >= 4 is 35.1 Å². The molecule has 2 fully saturated rings. The summed E-state index contributed by atoms with van der Waals surface area (Å²) in [6, 6.07) is 3.15. The third kappa shape index (κ3) is 2.88. The lowest BCUT2D eigenvalue weighted by Gasteiger charge is -2.20. The van der Waals surface area contributed by atoms with Gasteiger partial charge in [-0.3, -0.25) is 14.5 Å². The van der Waals surface area contributed by atoms with Crippen LogP contribution < -0.4 is 10.6 Å². The van der Waals surface area contributed by atoms with Crippen LogP contribution in [0.3, 0.4) is 0 Å². The number of amides is 4. The van der Waals surface area contributed by atoms with Gasteiger partial charge in [0.1, 0.15) is 17.9 Å². The Kier molecular flexibility index (Phi) is 3.75. The maximum Gasteiger partial charge on any atom is 0.325 e. The van der Waals surface area contributed by atoms with E-state index in [1.165, 1.54) is 12.1 Å². The number of halogens is 2. The van der Waals surface area contributed by atoms with Crippen LogP contribution in [-0.4, -0.2) is 34.8 Å². The van der Waals surface area contributed by atoms with Gasteiger partial charge < -0.3 is 10.6 Å². The second-order valence-electron chi connectivity index (χ2n) is 5.98. The fourth-order valence-corrected chi connectivity index (χ4v) is 2.90. The zero-order valence-corrected chi connectivity index (χ0v) is 13.1. The first-order valence-electron chi connectivity index (χ1n) is 7.20. The summed E-state index contributed by atoms with van der Waals surface area (Å²) in [4.78, 5) is 37.3. The number of rotatable bonds is 4. The van der Waals surface area contributed by atoms with Crippen molar-refractivity contribution < 1.29 is 18.8 Å². The first kappa shape index (κ1) is 15.7. The normalized spacial score (nSPS) is 23.9. The predicted octanol–water partition coefficient (Wildman–Crippen LogP) is 2.14. The smallest absolute Gasteiger partial charge is 0.324 e. The maximum absolute atomic E-state index is 13.1. The van der Waals surface area contributed by atoms with Gasteiger partial charge >= 0.3 is 6.03 Å². The van der Waals surface area contributed by atoms with Crippen LogP contribution in [0.15, 0.2) is 18.2 Å². The molecular formula is C15H15ClFN3O3. The largest absolute Gasteiger partial charge is 0.325 e. The zero-order valence-electron chi connectivity index (χ0n) is 12.4. The summed E-state index contributed by atoms with van der Waals surface area (Å²) >= 11 is 5.64. The summed E-state index contributed by atoms with van der Waals surface area (Å²) in [6.45, 7) is 1.28. The molecule has 0 radical (unpaired) electrons. The Bertz CT molecular complexity index is 707. The summed E-state index contributed by atoms with van der Waals surface area (Å²) < 4.78 is 13.1. The van der Waals surface area contributed by atoms with Crippen molar-refractivity contribution in [3.63, 3.8) is 0 Å². The highest BCUT2D eigenvalue weighted by molar-refractivity contribution is 6.31. The van der Waals surface area contributed by atoms with E-state index in [0.717, 1.165) is 23.8 Å². The van der Waals surface area contributed by atoms with Gasteiger partial charge in [0.2, 0.25) is 5.91 Å². The van der Waals surface area contributed by atoms with E-state index >= 15 is 0 Å². The number of urea groups is 1. The van der Waals surface area contributed by atoms with Gasteiger partial charge in [0.05, 0.1) is 5.02 Å². The molecule has 1 saturated heterocycles. The van der Waals surface area contributed by atoms with Crippen LogP contribution in [-0.2, 0) is 9.59 Å². The lowest BCUT2D eigenvalue weighted by molar-refractivity contribution is -0.134. The van der Waals surface area contributed by atoms with Gasteiger partial charge in [-0.25, -0.2) is 9.18 Å². The molecule has 0 aromatic heterocycles. The van der Waals surface area contributed by atoms with Crippen molar-refractivity contribution in [2.24, 2.45) is 5.92 Å². The van der Waals surface area contributed by atoms with Gasteiger partial charge in [-0.1, -0.05) is 11.6 Å². The second kappa shape index (κ2) is 5.49. The number of carbonyl (C=O) groups is 3. The molecule has 1 aliphatic heterocycles. The lowest BCUT2D eigenvalue weighted by Crippen LogP contribution is -2.46. The van der Waals surface area contributed by atoms with Crippen molar-refractivity contribution in [2.75, 3.05) is 11.9 Å². The molecule has 1 saturated carbocycles. The van der Waals surface area contributed by atoms with Crippen molar-refractivity contribution in [2.45, 2.75) is 25.3 Å². The summed E-state index contributed by atoms with van der Waals surface area (Å²) in [5.74, 6) is -1.42. The van der Waals surface area contributed by atoms with Crippen LogP contribution >= 0.6 is 11.6 Å². The minimum Gasteiger partial charge on any atom is -0.324 e. The fourth-order valence-electron chi connectivity index (χ4n) is 2.71. The highest BCUT2D eigenvalue weighted by atomic mass is 35.5. The highest BCUT2D eigenvalue weighted by Crippen LogP contribution is 2.42. The van der Waals surface area contributed by atoms with Crippen LogP contribution in [0, 0.1) is 11.7 Å². The van der Waals surface area contributed by atoms with Gasteiger partial charge in [-0.05, 0) is 43.9 Å². The van der Waals surface area contributed by atoms with Crippen molar-refractivity contribution in [1.82, 2.24) is 10.2 Å². The molecule has 1 aromatic rings. The molecular weight excluding hydrogens is 325 g/mol. The Balaban J connectivity index is 1.66. The van der Waals surface area contributed by atoms with E-state index in [2.05, 4.69) is 10.6 Å². The number of benzene rings is 1. The van der Waals surface area contributed by atoms with E-state index in [4.69, 9.17) is 11.6 Å². The molecule has 0 spiro atoms. The minimum atomic E-state index is -0.920. The molecule has 6 nitrogen and oxygen atoms in total. The van der Waals surface area contributed by atoms with Gasteiger partial charge in [0.25, 0.3) is 5.91 Å². The van der Waals surface area contributed by atoms with E-state index in [0.29, 0.717) is 5.69 Å². The molecule has 0 bridgehead atoms. The number of hydrogen-bond donors (Lipinski definition) is 2. The SMILES string of the molecule is CC1(C2CC2)NC(=O)N(CC(=O)Nc2ccc(F)c(Cl)c2)C1=O. The first-order chi connectivity index (χ1) is 10.8. The summed E-state index contributed by atoms with van der Waals surface area (Å²) in [5.41, 5.74) is -0.630. The molecule has 4 amide bonds. The third-order valence-electron chi connectivity index (χ3n) is 4.20. The molecule has 122 valence electrons. The summed E-state index contributed by atoms with van der Waals surface area (Å²) in [7, 11) is 0. The first-order valence-corrected chi connectivity index (χ1v) is 7.58. The molecule has 8 heteroatoms.